The Kier molecular flexibility index (Phi) is 5.96. The van der Waals surface area contributed by atoms with Crippen molar-refractivity contribution in [3.8, 4) is 11.1 Å². The minimum absolute atomic E-state index is 0.0954. The van der Waals surface area contributed by atoms with Crippen LogP contribution in [-0.2, 0) is 14.3 Å². The molecule has 11 heteroatoms. The van der Waals surface area contributed by atoms with E-state index in [9.17, 15) is 31.9 Å². The Morgan fingerprint density at radius 2 is 1.62 bits per heavy atom. The van der Waals surface area contributed by atoms with Crippen LogP contribution in [0.2, 0.25) is 0 Å². The zero-order valence-corrected chi connectivity index (χ0v) is 17.6. The molecule has 2 aromatic carbocycles. The molecule has 0 radical (unpaired) electrons. The molecular formula is C23H20F4N2O5. The van der Waals surface area contributed by atoms with Gasteiger partial charge in [-0.05, 0) is 22.3 Å². The summed E-state index contributed by atoms with van der Waals surface area (Å²) in [5.74, 6) is -14.5. The van der Waals surface area contributed by atoms with Gasteiger partial charge < -0.3 is 20.1 Å². The number of halogens is 4. The third kappa shape index (κ3) is 4.29. The predicted molar refractivity (Wildman–Crippen MR) is 111 cm³/mol. The van der Waals surface area contributed by atoms with Gasteiger partial charge >= 0.3 is 18.0 Å². The number of amides is 2. The average molecular weight is 480 g/mol. The third-order valence-corrected chi connectivity index (χ3v) is 6.01. The van der Waals surface area contributed by atoms with Crippen LogP contribution in [0.3, 0.4) is 0 Å². The summed E-state index contributed by atoms with van der Waals surface area (Å²) in [7, 11) is 0. The van der Waals surface area contributed by atoms with Crippen LogP contribution < -0.4 is 5.32 Å². The van der Waals surface area contributed by atoms with E-state index in [1.807, 2.05) is 48.5 Å². The van der Waals surface area contributed by atoms with E-state index in [1.54, 1.807) is 5.32 Å². The molecule has 0 saturated carbocycles. The van der Waals surface area contributed by atoms with E-state index in [0.717, 1.165) is 22.3 Å². The largest absolute Gasteiger partial charge is 0.481 e. The maximum absolute atomic E-state index is 14.3. The first kappa shape index (κ1) is 23.5. The van der Waals surface area contributed by atoms with Gasteiger partial charge in [0.05, 0.1) is 13.1 Å². The number of nitrogens with one attached hydrogen (secondary N) is 1. The lowest BCUT2D eigenvalue weighted by Crippen LogP contribution is -2.49. The van der Waals surface area contributed by atoms with Crippen molar-refractivity contribution >= 4 is 18.0 Å². The van der Waals surface area contributed by atoms with Gasteiger partial charge in [-0.1, -0.05) is 48.5 Å². The van der Waals surface area contributed by atoms with E-state index in [1.165, 1.54) is 0 Å². The summed E-state index contributed by atoms with van der Waals surface area (Å²) >= 11 is 0. The highest BCUT2D eigenvalue weighted by Gasteiger charge is 2.56. The molecule has 2 aliphatic rings. The van der Waals surface area contributed by atoms with Crippen molar-refractivity contribution in [3.05, 3.63) is 59.7 Å². The van der Waals surface area contributed by atoms with Crippen LogP contribution in [0, 0.1) is 5.92 Å². The highest BCUT2D eigenvalue weighted by Crippen LogP contribution is 2.44. The van der Waals surface area contributed by atoms with Crippen molar-refractivity contribution in [1.82, 2.24) is 10.2 Å². The summed E-state index contributed by atoms with van der Waals surface area (Å²) in [4.78, 5) is 35.1. The number of hydrogen-bond acceptors (Lipinski definition) is 4. The normalized spacial score (nSPS) is 18.8. The molecule has 7 nitrogen and oxygen atoms in total. The number of carboxylic acids is 1. The first-order valence-electron chi connectivity index (χ1n) is 10.4. The summed E-state index contributed by atoms with van der Waals surface area (Å²) in [6.45, 7) is -4.12. The second-order valence-corrected chi connectivity index (χ2v) is 8.22. The van der Waals surface area contributed by atoms with Gasteiger partial charge in [-0.25, -0.2) is 13.6 Å². The highest BCUT2D eigenvalue weighted by molar-refractivity contribution is 5.86. The van der Waals surface area contributed by atoms with Gasteiger partial charge in [0, 0.05) is 12.5 Å². The van der Waals surface area contributed by atoms with Gasteiger partial charge in [0.1, 0.15) is 12.5 Å². The van der Waals surface area contributed by atoms with E-state index < -0.39 is 55.4 Å². The second-order valence-electron chi connectivity index (χ2n) is 8.22. The number of alkyl halides is 4. The fraction of sp³-hybridized carbons (Fsp3) is 0.348. The molecule has 1 saturated heterocycles. The Morgan fingerprint density at radius 1 is 1.06 bits per heavy atom. The Hall–Kier alpha value is -3.63. The zero-order chi connectivity index (χ0) is 24.7. The van der Waals surface area contributed by atoms with E-state index in [0.29, 0.717) is 0 Å². The summed E-state index contributed by atoms with van der Waals surface area (Å²) in [5.41, 5.74) is 3.79. The van der Waals surface area contributed by atoms with E-state index in [-0.39, 0.29) is 17.4 Å². The number of carboxylic acid groups (broad SMARTS) is 1. The molecule has 180 valence electrons. The SMILES string of the molecule is O=C(NCC(F)(F)C(=O)N1CC(C(=O)O)C(F)(F)C1)OCC1c2ccccc2-c2ccccc21. The van der Waals surface area contributed by atoms with Gasteiger partial charge in [-0.2, -0.15) is 8.78 Å². The van der Waals surface area contributed by atoms with Gasteiger partial charge in [0.15, 0.2) is 0 Å². The lowest BCUT2D eigenvalue weighted by molar-refractivity contribution is -0.157. The Bertz CT molecular complexity index is 1090. The summed E-state index contributed by atoms with van der Waals surface area (Å²) < 4.78 is 61.1. The van der Waals surface area contributed by atoms with Crippen LogP contribution in [0.5, 0.6) is 0 Å². The molecule has 1 fully saturated rings. The first-order valence-corrected chi connectivity index (χ1v) is 10.4. The van der Waals surface area contributed by atoms with Crippen LogP contribution >= 0.6 is 0 Å². The number of fused-ring (bicyclic) bond motifs is 3. The van der Waals surface area contributed by atoms with Gasteiger partial charge in [-0.3, -0.25) is 9.59 Å². The van der Waals surface area contributed by atoms with Crippen molar-refractivity contribution in [1.29, 1.82) is 0 Å². The summed E-state index contributed by atoms with van der Waals surface area (Å²) in [6.07, 6.45) is -1.20. The molecule has 0 spiro atoms. The Morgan fingerprint density at radius 3 is 2.15 bits per heavy atom. The molecule has 0 bridgehead atoms. The first-order chi connectivity index (χ1) is 16.0. The smallest absolute Gasteiger partial charge is 0.407 e. The Balaban J connectivity index is 1.34. The predicted octanol–water partition coefficient (Wildman–Crippen LogP) is 3.34. The van der Waals surface area contributed by atoms with E-state index in [4.69, 9.17) is 9.84 Å². The van der Waals surface area contributed by atoms with Crippen molar-refractivity contribution in [2.75, 3.05) is 26.2 Å². The minimum atomic E-state index is -4.23. The number of carbonyl (C=O) groups is 3. The lowest BCUT2D eigenvalue weighted by Gasteiger charge is -2.23. The van der Waals surface area contributed by atoms with E-state index >= 15 is 0 Å². The van der Waals surface area contributed by atoms with Crippen LogP contribution in [0.15, 0.2) is 48.5 Å². The molecule has 0 aromatic heterocycles. The number of benzene rings is 2. The van der Waals surface area contributed by atoms with Gasteiger partial charge in [-0.15, -0.1) is 0 Å². The molecule has 1 atom stereocenters. The summed E-state index contributed by atoms with van der Waals surface area (Å²) in [6, 6.07) is 15.0. The summed E-state index contributed by atoms with van der Waals surface area (Å²) in [5, 5.41) is 10.6. The van der Waals surface area contributed by atoms with Gasteiger partial charge in [0.25, 0.3) is 11.8 Å². The molecule has 2 amide bonds. The number of likely N-dealkylation sites (tertiary alicyclic amines) is 1. The standard InChI is InChI=1S/C23H20F4N2O5/c24-22(25,20(32)29-9-18(19(30)31)23(26,27)12-29)11-28-21(33)34-10-17-15-7-3-1-5-13(15)14-6-2-4-8-16(14)17/h1-8,17-18H,9-12H2,(H,28,33)(H,30,31). The van der Waals surface area contributed by atoms with Crippen LogP contribution in [0.4, 0.5) is 22.4 Å². The van der Waals surface area contributed by atoms with Gasteiger partial charge in [0.2, 0.25) is 0 Å². The topological polar surface area (TPSA) is 95.9 Å². The minimum Gasteiger partial charge on any atom is -0.481 e. The monoisotopic (exact) mass is 480 g/mol. The number of nitrogens with zero attached hydrogens (tertiary/aromatic N) is 1. The molecule has 2 aromatic rings. The molecule has 1 heterocycles. The number of carbonyl (C=O) groups excluding carboxylic acids is 2. The molecule has 4 rings (SSSR count). The van der Waals surface area contributed by atoms with E-state index in [2.05, 4.69) is 0 Å². The molecule has 1 aliphatic carbocycles. The molecule has 1 unspecified atom stereocenters. The quantitative estimate of drug-likeness (QED) is 0.619. The van der Waals surface area contributed by atoms with Crippen LogP contribution in [0.1, 0.15) is 17.0 Å². The Labute approximate surface area is 191 Å². The van der Waals surface area contributed by atoms with Crippen molar-refractivity contribution in [2.24, 2.45) is 5.92 Å². The fourth-order valence-corrected chi connectivity index (χ4v) is 4.34. The molecule has 2 N–H and O–H groups in total. The van der Waals surface area contributed by atoms with Crippen molar-refractivity contribution < 1.29 is 41.8 Å². The zero-order valence-electron chi connectivity index (χ0n) is 17.6. The number of ether oxygens (including phenoxy) is 1. The molecule has 34 heavy (non-hydrogen) atoms. The second kappa shape index (κ2) is 8.62. The van der Waals surface area contributed by atoms with Crippen LogP contribution in [-0.4, -0.2) is 66.1 Å². The molecule has 1 aliphatic heterocycles. The highest BCUT2D eigenvalue weighted by atomic mass is 19.3. The number of rotatable bonds is 6. The average Bonchev–Trinajstić information content (AvgIpc) is 3.30. The maximum Gasteiger partial charge on any atom is 0.407 e. The number of aliphatic carboxylic acids is 1. The van der Waals surface area contributed by atoms with Crippen molar-refractivity contribution in [3.63, 3.8) is 0 Å². The van der Waals surface area contributed by atoms with Crippen molar-refractivity contribution in [2.45, 2.75) is 17.8 Å². The number of alkyl carbamates (subject to hydrolysis) is 1. The lowest BCUT2D eigenvalue weighted by atomic mass is 9.98. The molecular weight excluding hydrogens is 460 g/mol. The number of hydrogen-bond donors (Lipinski definition) is 2. The third-order valence-electron chi connectivity index (χ3n) is 6.01. The van der Waals surface area contributed by atoms with Crippen LogP contribution in [0.25, 0.3) is 11.1 Å². The maximum atomic E-state index is 14.3. The fourth-order valence-electron chi connectivity index (χ4n) is 4.34.